The zero-order chi connectivity index (χ0) is 15.6. The fourth-order valence-electron chi connectivity index (χ4n) is 0.742. The second-order valence-corrected chi connectivity index (χ2v) is 3.44. The third-order valence-corrected chi connectivity index (χ3v) is 1.68. The second kappa shape index (κ2) is 23.2. The van der Waals surface area contributed by atoms with Crippen molar-refractivity contribution in [2.75, 3.05) is 13.2 Å². The van der Waals surface area contributed by atoms with Gasteiger partial charge in [-0.3, -0.25) is 0 Å². The maximum absolute atomic E-state index is 10.1. The van der Waals surface area contributed by atoms with E-state index in [-0.39, 0.29) is 173 Å². The molecule has 120 valence electrons. The SMILES string of the molecule is O.O=C([O-])CC(O)(CC(=O)[O-])C(=O)[O-].OCC(O)CO.[K+].[K+].[K+]. The Hall–Kier alpha value is 3.12. The molecule has 0 atom stereocenters. The van der Waals surface area contributed by atoms with E-state index in [1.165, 1.54) is 0 Å². The molecule has 23 heavy (non-hydrogen) atoms. The molecular weight excluding hydrogens is 401 g/mol. The summed E-state index contributed by atoms with van der Waals surface area (Å²) in [5.41, 5.74) is -2.97. The molecule has 0 aliphatic carbocycles. The van der Waals surface area contributed by atoms with Crippen molar-refractivity contribution in [3.05, 3.63) is 0 Å². The van der Waals surface area contributed by atoms with E-state index in [9.17, 15) is 29.7 Å². The number of aliphatic hydroxyl groups excluding tert-OH is 3. The number of carbonyl (C=O) groups is 3. The molecule has 0 aromatic heterocycles. The number of hydrogen-bond acceptors (Lipinski definition) is 10. The summed E-state index contributed by atoms with van der Waals surface area (Å²) in [5.74, 6) is -5.98. The summed E-state index contributed by atoms with van der Waals surface area (Å²) in [4.78, 5) is 30.0. The van der Waals surface area contributed by atoms with Gasteiger partial charge in [0.15, 0.2) is 0 Å². The average Bonchev–Trinajstić information content (AvgIpc) is 2.26. The minimum atomic E-state index is -2.97. The molecular formula is C9H15K3O11. The molecule has 0 saturated carbocycles. The normalized spacial score (nSPS) is 8.74. The fraction of sp³-hybridized carbons (Fsp3) is 0.667. The molecule has 0 radical (unpaired) electrons. The van der Waals surface area contributed by atoms with Crippen LogP contribution in [-0.4, -0.2) is 68.7 Å². The van der Waals surface area contributed by atoms with E-state index in [1.807, 2.05) is 0 Å². The number of aliphatic carboxylic acids is 3. The summed E-state index contributed by atoms with van der Waals surface area (Å²) >= 11 is 0. The number of carboxylic acid groups (broad SMARTS) is 3. The first-order chi connectivity index (χ1) is 8.58. The molecule has 0 rings (SSSR count). The van der Waals surface area contributed by atoms with Crippen molar-refractivity contribution in [1.29, 1.82) is 0 Å². The molecule has 0 aromatic rings. The Bertz CT molecular complexity index is 306. The topological polar surface area (TPSA) is 233 Å². The average molecular weight is 417 g/mol. The number of rotatable bonds is 7. The molecule has 0 amide bonds. The van der Waals surface area contributed by atoms with Gasteiger partial charge in [0.2, 0.25) is 0 Å². The molecule has 0 aliphatic rings. The van der Waals surface area contributed by atoms with E-state index in [4.69, 9.17) is 20.4 Å². The summed E-state index contributed by atoms with van der Waals surface area (Å²) in [5, 5.41) is 62.9. The van der Waals surface area contributed by atoms with Crippen LogP contribution in [0, 0.1) is 0 Å². The summed E-state index contributed by atoms with van der Waals surface area (Å²) in [7, 11) is 0. The van der Waals surface area contributed by atoms with Crippen molar-refractivity contribution in [1.82, 2.24) is 0 Å². The Morgan fingerprint density at radius 2 is 1.13 bits per heavy atom. The van der Waals surface area contributed by atoms with E-state index in [1.54, 1.807) is 0 Å². The zero-order valence-electron chi connectivity index (χ0n) is 13.1. The van der Waals surface area contributed by atoms with E-state index in [2.05, 4.69) is 0 Å². The number of carboxylic acids is 3. The quantitative estimate of drug-likeness (QED) is 0.286. The van der Waals surface area contributed by atoms with Crippen LogP contribution in [0.4, 0.5) is 0 Å². The van der Waals surface area contributed by atoms with Crippen LogP contribution in [0.2, 0.25) is 0 Å². The maximum Gasteiger partial charge on any atom is 1.00 e. The molecule has 0 saturated heterocycles. The summed E-state index contributed by atoms with van der Waals surface area (Å²) in [6.45, 7) is -0.729. The van der Waals surface area contributed by atoms with Gasteiger partial charge < -0.3 is 55.6 Å². The molecule has 0 heterocycles. The van der Waals surface area contributed by atoms with Gasteiger partial charge in [0.25, 0.3) is 0 Å². The van der Waals surface area contributed by atoms with Crippen LogP contribution in [0.3, 0.4) is 0 Å². The molecule has 11 nitrogen and oxygen atoms in total. The minimum Gasteiger partial charge on any atom is -0.550 e. The predicted molar refractivity (Wildman–Crippen MR) is 53.0 cm³/mol. The van der Waals surface area contributed by atoms with Gasteiger partial charge >= 0.3 is 154 Å². The number of aliphatic hydroxyl groups is 4. The monoisotopic (exact) mass is 416 g/mol. The summed E-state index contributed by atoms with van der Waals surface area (Å²) < 4.78 is 0. The van der Waals surface area contributed by atoms with Crippen LogP contribution in [0.15, 0.2) is 0 Å². The molecule has 0 fully saturated rings. The second-order valence-electron chi connectivity index (χ2n) is 3.44. The van der Waals surface area contributed by atoms with Gasteiger partial charge in [-0.1, -0.05) is 0 Å². The van der Waals surface area contributed by atoms with Gasteiger partial charge in [0, 0.05) is 24.8 Å². The Labute approximate surface area is 259 Å². The van der Waals surface area contributed by atoms with E-state index in [0.29, 0.717) is 0 Å². The molecule has 0 spiro atoms. The Balaban J connectivity index is -0.0000000635. The van der Waals surface area contributed by atoms with Crippen molar-refractivity contribution < 1.29 is 210 Å². The van der Waals surface area contributed by atoms with Crippen LogP contribution in [0.25, 0.3) is 0 Å². The number of hydrogen-bond donors (Lipinski definition) is 4. The Morgan fingerprint density at radius 1 is 0.870 bits per heavy atom. The Kier molecular flexibility index (Phi) is 41.0. The van der Waals surface area contributed by atoms with E-state index < -0.39 is 42.5 Å². The minimum absolute atomic E-state index is 0. The van der Waals surface area contributed by atoms with Gasteiger partial charge in [-0.05, 0) is 0 Å². The van der Waals surface area contributed by atoms with Gasteiger partial charge in [-0.15, -0.1) is 0 Å². The first kappa shape index (κ1) is 40.7. The Morgan fingerprint density at radius 3 is 1.22 bits per heavy atom. The zero-order valence-corrected chi connectivity index (χ0v) is 22.5. The fourth-order valence-corrected chi connectivity index (χ4v) is 0.742. The molecule has 14 heteroatoms. The van der Waals surface area contributed by atoms with Crippen LogP contribution in [0.5, 0.6) is 0 Å². The van der Waals surface area contributed by atoms with Crippen molar-refractivity contribution in [2.24, 2.45) is 0 Å². The molecule has 0 unspecified atom stereocenters. The van der Waals surface area contributed by atoms with E-state index >= 15 is 0 Å². The van der Waals surface area contributed by atoms with E-state index in [0.717, 1.165) is 0 Å². The van der Waals surface area contributed by atoms with Crippen LogP contribution < -0.4 is 169 Å². The van der Waals surface area contributed by atoms with Crippen LogP contribution in [-0.2, 0) is 14.4 Å². The van der Waals surface area contributed by atoms with Crippen molar-refractivity contribution in [2.45, 2.75) is 24.5 Å². The number of carbonyl (C=O) groups excluding carboxylic acids is 3. The largest absolute Gasteiger partial charge is 1.00 e. The van der Waals surface area contributed by atoms with Gasteiger partial charge in [0.05, 0.1) is 19.2 Å². The molecule has 0 aliphatic heterocycles. The van der Waals surface area contributed by atoms with Gasteiger partial charge in [-0.25, -0.2) is 0 Å². The summed E-state index contributed by atoms with van der Waals surface area (Å²) in [6.07, 6.45) is -3.67. The van der Waals surface area contributed by atoms with Crippen LogP contribution in [0.1, 0.15) is 12.8 Å². The predicted octanol–water partition coefficient (Wildman–Crippen LogP) is -16.7. The first-order valence-corrected chi connectivity index (χ1v) is 4.82. The smallest absolute Gasteiger partial charge is 0.550 e. The van der Waals surface area contributed by atoms with Crippen LogP contribution >= 0.6 is 0 Å². The van der Waals surface area contributed by atoms with Crippen molar-refractivity contribution in [3.8, 4) is 0 Å². The third kappa shape index (κ3) is 25.1. The van der Waals surface area contributed by atoms with Crippen molar-refractivity contribution >= 4 is 17.9 Å². The maximum atomic E-state index is 10.1. The van der Waals surface area contributed by atoms with Gasteiger partial charge in [-0.2, -0.15) is 0 Å². The standard InChI is InChI=1S/C6H8O7.C3H8O3.3K.H2O/c7-3(8)1-6(13,5(11)12)2-4(9)10;4-1-3(6)2-5;;;;/h13H,1-2H2,(H,7,8)(H,9,10)(H,11,12);3-6H,1-2H2;;;;1H2/q;;3*+1;/p-3. The summed E-state index contributed by atoms with van der Waals surface area (Å²) in [6, 6.07) is 0. The van der Waals surface area contributed by atoms with Crippen molar-refractivity contribution in [3.63, 3.8) is 0 Å². The molecule has 0 bridgehead atoms. The van der Waals surface area contributed by atoms with Gasteiger partial charge in [0.1, 0.15) is 11.7 Å². The third-order valence-electron chi connectivity index (χ3n) is 1.68. The first-order valence-electron chi connectivity index (χ1n) is 4.82. The molecule has 6 N–H and O–H groups in total. The molecule has 0 aromatic carbocycles.